The van der Waals surface area contributed by atoms with Crippen LogP contribution in [-0.2, 0) is 11.3 Å². The van der Waals surface area contributed by atoms with Gasteiger partial charge in [0.2, 0.25) is 5.91 Å². The lowest BCUT2D eigenvalue weighted by Crippen LogP contribution is -2.13. The Morgan fingerprint density at radius 2 is 1.91 bits per heavy atom. The Labute approximate surface area is 125 Å². The molecule has 2 rings (SSSR count). The Morgan fingerprint density at radius 3 is 2.50 bits per heavy atom. The second kappa shape index (κ2) is 6.57. The van der Waals surface area contributed by atoms with E-state index in [1.165, 1.54) is 31.2 Å². The summed E-state index contributed by atoms with van der Waals surface area (Å²) in [7, 11) is 0. The fourth-order valence-electron chi connectivity index (χ4n) is 1.86. The first kappa shape index (κ1) is 15.3. The molecule has 0 unspecified atom stereocenters. The first-order chi connectivity index (χ1) is 10.5. The average molecular weight is 299 g/mol. The predicted molar refractivity (Wildman–Crippen MR) is 78.1 cm³/mol. The second-order valence-electron chi connectivity index (χ2n) is 4.59. The lowest BCUT2D eigenvalue weighted by molar-refractivity contribution is -0.384. The maximum absolute atomic E-state index is 12.1. The smallest absolute Gasteiger partial charge is 0.270 e. The van der Waals surface area contributed by atoms with E-state index in [1.807, 2.05) is 0 Å². The molecule has 0 N–H and O–H groups in total. The first-order valence-electron chi connectivity index (χ1n) is 6.45. The molecule has 0 fully saturated rings. The van der Waals surface area contributed by atoms with E-state index < -0.39 is 4.92 Å². The van der Waals surface area contributed by atoms with Crippen LogP contribution in [0, 0.1) is 10.1 Å². The minimum absolute atomic E-state index is 0.0432. The molecule has 0 aliphatic heterocycles. The molecule has 112 valence electrons. The van der Waals surface area contributed by atoms with Gasteiger partial charge in [-0.3, -0.25) is 19.7 Å². The molecule has 7 nitrogen and oxygen atoms in total. The van der Waals surface area contributed by atoms with Gasteiger partial charge in [0.15, 0.2) is 5.78 Å². The number of nitro benzene ring substituents is 1. The molecule has 1 aromatic heterocycles. The minimum atomic E-state index is -0.540. The van der Waals surface area contributed by atoms with Gasteiger partial charge >= 0.3 is 0 Å². The molecule has 2 aromatic rings. The summed E-state index contributed by atoms with van der Waals surface area (Å²) in [6.45, 7) is 1.40. The number of nitrogens with zero attached hydrogens (tertiary/aromatic N) is 3. The molecule has 7 heteroatoms. The monoisotopic (exact) mass is 299 g/mol. The molecule has 0 aliphatic rings. The fraction of sp³-hybridized carbons (Fsp3) is 0.133. The van der Waals surface area contributed by atoms with Crippen LogP contribution < -0.4 is 5.36 Å². The topological polar surface area (TPSA) is 94.6 Å². The molecule has 22 heavy (non-hydrogen) atoms. The molecule has 0 spiro atoms. The molecular weight excluding hydrogens is 286 g/mol. The summed E-state index contributed by atoms with van der Waals surface area (Å²) in [5, 5.41) is 11.2. The van der Waals surface area contributed by atoms with Crippen molar-refractivity contribution in [1.82, 2.24) is 4.57 Å². The number of hydrogen-bond acceptors (Lipinski definition) is 4. The number of hydrogen-bond donors (Lipinski definition) is 0. The molecule has 1 aromatic carbocycles. The predicted octanol–water partition coefficient (Wildman–Crippen LogP) is 1.73. The van der Waals surface area contributed by atoms with Crippen LogP contribution >= 0.6 is 0 Å². The molecule has 0 bridgehead atoms. The van der Waals surface area contributed by atoms with Crippen molar-refractivity contribution in [3.05, 3.63) is 69.8 Å². The molecule has 1 amide bonds. The van der Waals surface area contributed by atoms with Gasteiger partial charge in [-0.15, -0.1) is 0 Å². The highest BCUT2D eigenvalue weighted by Crippen LogP contribution is 2.14. The van der Waals surface area contributed by atoms with Crippen molar-refractivity contribution < 1.29 is 14.5 Å². The molecule has 0 saturated carbocycles. The van der Waals surface area contributed by atoms with Crippen LogP contribution in [0.25, 0.3) is 0 Å². The number of benzene rings is 1. The zero-order valence-electron chi connectivity index (χ0n) is 11.8. The Balaban J connectivity index is 2.17. The lowest BCUT2D eigenvalue weighted by Gasteiger charge is -2.05. The summed E-state index contributed by atoms with van der Waals surface area (Å²) in [5.41, 5.74) is 0.158. The Hall–Kier alpha value is -3.09. The van der Waals surface area contributed by atoms with E-state index >= 15 is 0 Å². The molecular formula is C15H13N3O4. The highest BCUT2D eigenvalue weighted by molar-refractivity contribution is 5.96. The molecule has 0 saturated heterocycles. The SMILES string of the molecule is CC(=O)N=c1ccn(CC(=O)c2cccc([N+](=O)[O-])c2)cc1. The van der Waals surface area contributed by atoms with Crippen molar-refractivity contribution in [3.8, 4) is 0 Å². The van der Waals surface area contributed by atoms with Crippen molar-refractivity contribution in [2.45, 2.75) is 13.5 Å². The van der Waals surface area contributed by atoms with Crippen LogP contribution in [0.15, 0.2) is 53.8 Å². The van der Waals surface area contributed by atoms with Gasteiger partial charge in [0.05, 0.1) is 16.8 Å². The molecule has 0 atom stereocenters. The van der Waals surface area contributed by atoms with Crippen LogP contribution in [0.1, 0.15) is 17.3 Å². The van der Waals surface area contributed by atoms with Crippen molar-refractivity contribution in [1.29, 1.82) is 0 Å². The summed E-state index contributed by atoms with van der Waals surface area (Å²) in [5.74, 6) is -0.546. The maximum Gasteiger partial charge on any atom is 0.270 e. The molecule has 1 heterocycles. The van der Waals surface area contributed by atoms with E-state index in [0.29, 0.717) is 5.36 Å². The number of rotatable bonds is 4. The third-order valence-electron chi connectivity index (χ3n) is 2.87. The van der Waals surface area contributed by atoms with Crippen molar-refractivity contribution in [2.75, 3.05) is 0 Å². The van der Waals surface area contributed by atoms with Gasteiger partial charge in [-0.05, 0) is 12.1 Å². The third kappa shape index (κ3) is 3.95. The largest absolute Gasteiger partial charge is 0.346 e. The number of aromatic nitrogens is 1. The van der Waals surface area contributed by atoms with Gasteiger partial charge in [-0.1, -0.05) is 12.1 Å². The van der Waals surface area contributed by atoms with Crippen molar-refractivity contribution in [3.63, 3.8) is 0 Å². The van der Waals surface area contributed by atoms with E-state index in [4.69, 9.17) is 0 Å². The van der Waals surface area contributed by atoms with Crippen molar-refractivity contribution >= 4 is 17.4 Å². The summed E-state index contributed by atoms with van der Waals surface area (Å²) >= 11 is 0. The Bertz CT molecular complexity index is 788. The van der Waals surface area contributed by atoms with Gasteiger partial charge in [0.1, 0.15) is 0 Å². The average Bonchev–Trinajstić information content (AvgIpc) is 2.49. The van der Waals surface area contributed by atoms with Crippen molar-refractivity contribution in [2.24, 2.45) is 4.99 Å². The zero-order chi connectivity index (χ0) is 16.1. The highest BCUT2D eigenvalue weighted by atomic mass is 16.6. The number of pyridine rings is 1. The summed E-state index contributed by atoms with van der Waals surface area (Å²) in [4.78, 5) is 36.9. The van der Waals surface area contributed by atoms with E-state index in [0.717, 1.165) is 0 Å². The van der Waals surface area contributed by atoms with Gasteiger partial charge in [0.25, 0.3) is 5.69 Å². The first-order valence-corrected chi connectivity index (χ1v) is 6.45. The number of nitro groups is 1. The number of ketones is 1. The Kier molecular flexibility index (Phi) is 4.57. The number of Topliss-reactive ketones (excluding diaryl/α,β-unsaturated/α-hetero) is 1. The third-order valence-corrected chi connectivity index (χ3v) is 2.87. The van der Waals surface area contributed by atoms with Gasteiger partial charge in [-0.2, -0.15) is 0 Å². The molecule has 0 aliphatic carbocycles. The van der Waals surface area contributed by atoms with Gasteiger partial charge in [-0.25, -0.2) is 4.99 Å². The van der Waals surface area contributed by atoms with Crippen LogP contribution in [-0.4, -0.2) is 21.2 Å². The van der Waals surface area contributed by atoms with E-state index in [-0.39, 0.29) is 29.5 Å². The van der Waals surface area contributed by atoms with E-state index in [1.54, 1.807) is 29.1 Å². The maximum atomic E-state index is 12.1. The number of amides is 1. The highest BCUT2D eigenvalue weighted by Gasteiger charge is 2.11. The van der Waals surface area contributed by atoms with Crippen LogP contribution in [0.5, 0.6) is 0 Å². The Morgan fingerprint density at radius 1 is 1.23 bits per heavy atom. The quantitative estimate of drug-likeness (QED) is 0.488. The summed E-state index contributed by atoms with van der Waals surface area (Å²) in [6, 6.07) is 8.83. The normalized spacial score (nSPS) is 10.0. The van der Waals surface area contributed by atoms with Gasteiger partial charge in [0, 0.05) is 37.0 Å². The lowest BCUT2D eigenvalue weighted by atomic mass is 10.1. The van der Waals surface area contributed by atoms with Crippen LogP contribution in [0.4, 0.5) is 5.69 Å². The van der Waals surface area contributed by atoms with E-state index in [2.05, 4.69) is 4.99 Å². The minimum Gasteiger partial charge on any atom is -0.346 e. The number of non-ortho nitro benzene ring substituents is 1. The zero-order valence-corrected chi connectivity index (χ0v) is 11.8. The standard InChI is InChI=1S/C15H13N3O4/c1-11(19)16-13-5-7-17(8-6-13)10-15(20)12-3-2-4-14(9-12)18(21)22/h2-9H,10H2,1H3. The second-order valence-corrected chi connectivity index (χ2v) is 4.59. The number of carbonyl (C=O) groups excluding carboxylic acids is 2. The van der Waals surface area contributed by atoms with Crippen LogP contribution in [0.2, 0.25) is 0 Å². The molecule has 0 radical (unpaired) electrons. The summed E-state index contributed by atoms with van der Waals surface area (Å²) in [6.07, 6.45) is 3.24. The fourth-order valence-corrected chi connectivity index (χ4v) is 1.86. The van der Waals surface area contributed by atoms with Crippen LogP contribution in [0.3, 0.4) is 0 Å². The van der Waals surface area contributed by atoms with E-state index in [9.17, 15) is 19.7 Å². The summed E-state index contributed by atoms with van der Waals surface area (Å²) < 4.78 is 1.61. The van der Waals surface area contributed by atoms with Gasteiger partial charge < -0.3 is 4.57 Å². The number of carbonyl (C=O) groups is 2.